The van der Waals surface area contributed by atoms with Crippen LogP contribution in [0.15, 0.2) is 48.5 Å². The predicted molar refractivity (Wildman–Crippen MR) is 116 cm³/mol. The second-order valence-corrected chi connectivity index (χ2v) is 6.82. The first-order chi connectivity index (χ1) is 13.6. The van der Waals surface area contributed by atoms with E-state index < -0.39 is 0 Å². The van der Waals surface area contributed by atoms with Gasteiger partial charge in [-0.1, -0.05) is 6.07 Å². The summed E-state index contributed by atoms with van der Waals surface area (Å²) in [5.74, 6) is 0.732. The van der Waals surface area contributed by atoms with Gasteiger partial charge in [0.05, 0.1) is 7.11 Å². The molecule has 2 amide bonds. The second kappa shape index (κ2) is 9.35. The van der Waals surface area contributed by atoms with Crippen molar-refractivity contribution in [2.45, 2.75) is 13.8 Å². The Balaban J connectivity index is 1.54. The van der Waals surface area contributed by atoms with Gasteiger partial charge in [-0.15, -0.1) is 0 Å². The van der Waals surface area contributed by atoms with Gasteiger partial charge in [-0.25, -0.2) is 4.79 Å². The van der Waals surface area contributed by atoms with E-state index in [9.17, 15) is 4.79 Å². The molecule has 6 nitrogen and oxygen atoms in total. The van der Waals surface area contributed by atoms with E-state index in [0.29, 0.717) is 13.1 Å². The molecule has 3 rings (SSSR count). The van der Waals surface area contributed by atoms with Crippen LogP contribution >= 0.6 is 0 Å². The summed E-state index contributed by atoms with van der Waals surface area (Å²) in [5, 5.41) is 2.96. The monoisotopic (exact) mass is 382 g/mol. The minimum atomic E-state index is -0.0650. The number of nitrogens with zero attached hydrogens (tertiary/aromatic N) is 3. The maximum atomic E-state index is 12.5. The maximum absolute atomic E-state index is 12.5. The average Bonchev–Trinajstić information content (AvgIpc) is 2.75. The lowest BCUT2D eigenvalue weighted by molar-refractivity contribution is 0.208. The van der Waals surface area contributed by atoms with Crippen molar-refractivity contribution in [1.82, 2.24) is 4.90 Å². The van der Waals surface area contributed by atoms with E-state index in [4.69, 9.17) is 4.74 Å². The van der Waals surface area contributed by atoms with Crippen molar-refractivity contribution in [3.63, 3.8) is 0 Å². The number of hydrogen-bond acceptors (Lipinski definition) is 4. The number of rotatable bonds is 6. The zero-order valence-electron chi connectivity index (χ0n) is 17.0. The molecule has 1 aliphatic rings. The zero-order chi connectivity index (χ0) is 19.9. The molecule has 1 fully saturated rings. The third-order valence-electron chi connectivity index (χ3n) is 5.23. The molecule has 150 valence electrons. The third kappa shape index (κ3) is 4.68. The minimum Gasteiger partial charge on any atom is -0.497 e. The van der Waals surface area contributed by atoms with Crippen LogP contribution < -0.4 is 19.9 Å². The number of methoxy groups -OCH3 is 1. The van der Waals surface area contributed by atoms with E-state index in [1.54, 1.807) is 7.11 Å². The molecular weight excluding hydrogens is 352 g/mol. The molecule has 0 saturated carbocycles. The first-order valence-corrected chi connectivity index (χ1v) is 9.94. The Labute approximate surface area is 167 Å². The van der Waals surface area contributed by atoms with E-state index in [1.165, 1.54) is 11.4 Å². The molecule has 0 bridgehead atoms. The molecule has 2 aromatic carbocycles. The molecule has 2 aromatic rings. The van der Waals surface area contributed by atoms with Crippen LogP contribution in [0, 0.1) is 0 Å². The van der Waals surface area contributed by atoms with E-state index in [-0.39, 0.29) is 6.03 Å². The van der Waals surface area contributed by atoms with Crippen LogP contribution in [-0.4, -0.2) is 57.3 Å². The van der Waals surface area contributed by atoms with Gasteiger partial charge in [0.1, 0.15) is 5.75 Å². The van der Waals surface area contributed by atoms with Crippen LogP contribution in [0.2, 0.25) is 0 Å². The van der Waals surface area contributed by atoms with Crippen LogP contribution in [0.25, 0.3) is 0 Å². The van der Waals surface area contributed by atoms with Gasteiger partial charge in [0.15, 0.2) is 0 Å². The van der Waals surface area contributed by atoms with Crippen molar-refractivity contribution in [2.75, 3.05) is 61.5 Å². The Hall–Kier alpha value is -2.89. The molecular formula is C22H30N4O2. The van der Waals surface area contributed by atoms with Crippen LogP contribution in [0.3, 0.4) is 0 Å². The van der Waals surface area contributed by atoms with Crippen molar-refractivity contribution in [2.24, 2.45) is 0 Å². The number of ether oxygens (including phenoxy) is 1. The number of benzene rings is 2. The summed E-state index contributed by atoms with van der Waals surface area (Å²) in [4.78, 5) is 19.1. The quantitative estimate of drug-likeness (QED) is 0.823. The zero-order valence-corrected chi connectivity index (χ0v) is 17.0. The lowest BCUT2D eigenvalue weighted by Gasteiger charge is -2.36. The number of anilines is 3. The fraction of sp³-hybridized carbons (Fsp3) is 0.409. The topological polar surface area (TPSA) is 48.0 Å². The lowest BCUT2D eigenvalue weighted by Crippen LogP contribution is -2.50. The minimum absolute atomic E-state index is 0.0650. The van der Waals surface area contributed by atoms with Crippen LogP contribution in [0.5, 0.6) is 5.75 Å². The number of carbonyl (C=O) groups is 1. The average molecular weight is 383 g/mol. The Morgan fingerprint density at radius 1 is 1.04 bits per heavy atom. The van der Waals surface area contributed by atoms with Crippen LogP contribution in [0.4, 0.5) is 21.9 Å². The Bertz CT molecular complexity index is 766. The van der Waals surface area contributed by atoms with Crippen molar-refractivity contribution in [3.05, 3.63) is 48.5 Å². The van der Waals surface area contributed by atoms with Gasteiger partial charge in [-0.05, 0) is 50.2 Å². The molecule has 0 unspecified atom stereocenters. The third-order valence-corrected chi connectivity index (χ3v) is 5.23. The van der Waals surface area contributed by atoms with E-state index >= 15 is 0 Å². The lowest BCUT2D eigenvalue weighted by atomic mass is 10.2. The van der Waals surface area contributed by atoms with Gasteiger partial charge in [0.25, 0.3) is 0 Å². The number of urea groups is 1. The number of hydrogen-bond donors (Lipinski definition) is 1. The summed E-state index contributed by atoms with van der Waals surface area (Å²) in [5.41, 5.74) is 3.22. The van der Waals surface area contributed by atoms with Crippen molar-refractivity contribution >= 4 is 23.1 Å². The Kier molecular flexibility index (Phi) is 6.63. The number of piperazine rings is 1. The summed E-state index contributed by atoms with van der Waals surface area (Å²) in [6.45, 7) is 9.43. The SMILES string of the molecule is CCN(CC)c1ccc(N2CCN(C(=O)Nc3cccc(OC)c3)CC2)cc1. The first-order valence-electron chi connectivity index (χ1n) is 9.94. The standard InChI is InChI=1S/C22H30N4O2/c1-4-24(5-2)19-9-11-20(12-10-19)25-13-15-26(16-14-25)22(27)23-18-7-6-8-21(17-18)28-3/h6-12,17H,4-5,13-16H2,1-3H3,(H,23,27). The van der Waals surface area contributed by atoms with Crippen LogP contribution in [0.1, 0.15) is 13.8 Å². The largest absolute Gasteiger partial charge is 0.497 e. The Morgan fingerprint density at radius 2 is 1.71 bits per heavy atom. The molecule has 6 heteroatoms. The highest BCUT2D eigenvalue weighted by Crippen LogP contribution is 2.22. The van der Waals surface area contributed by atoms with Crippen molar-refractivity contribution < 1.29 is 9.53 Å². The van der Waals surface area contributed by atoms with Crippen molar-refractivity contribution in [3.8, 4) is 5.75 Å². The van der Waals surface area contributed by atoms with Gasteiger partial charge in [0, 0.05) is 62.4 Å². The summed E-state index contributed by atoms with van der Waals surface area (Å²) in [7, 11) is 1.62. The van der Waals surface area contributed by atoms with E-state index in [1.807, 2.05) is 29.2 Å². The second-order valence-electron chi connectivity index (χ2n) is 6.82. The normalized spacial score (nSPS) is 14.0. The highest BCUT2D eigenvalue weighted by molar-refractivity contribution is 5.89. The molecule has 1 saturated heterocycles. The van der Waals surface area contributed by atoms with Gasteiger partial charge in [0.2, 0.25) is 0 Å². The van der Waals surface area contributed by atoms with Crippen molar-refractivity contribution in [1.29, 1.82) is 0 Å². The number of amides is 2. The number of nitrogens with one attached hydrogen (secondary N) is 1. The van der Waals surface area contributed by atoms with E-state index in [2.05, 4.69) is 53.2 Å². The molecule has 0 radical (unpaired) electrons. The van der Waals surface area contributed by atoms with Gasteiger partial charge in [-0.3, -0.25) is 0 Å². The summed E-state index contributed by atoms with van der Waals surface area (Å²) >= 11 is 0. The van der Waals surface area contributed by atoms with E-state index in [0.717, 1.165) is 37.6 Å². The molecule has 1 N–H and O–H groups in total. The fourth-order valence-corrected chi connectivity index (χ4v) is 3.53. The van der Waals surface area contributed by atoms with Gasteiger partial charge in [-0.2, -0.15) is 0 Å². The Morgan fingerprint density at radius 3 is 2.32 bits per heavy atom. The molecule has 0 aliphatic carbocycles. The highest BCUT2D eigenvalue weighted by Gasteiger charge is 2.21. The van der Waals surface area contributed by atoms with Gasteiger partial charge >= 0.3 is 6.03 Å². The van der Waals surface area contributed by atoms with Crippen LogP contribution in [-0.2, 0) is 0 Å². The first kappa shape index (κ1) is 19.9. The maximum Gasteiger partial charge on any atom is 0.321 e. The van der Waals surface area contributed by atoms with Gasteiger partial charge < -0.3 is 24.8 Å². The predicted octanol–water partition coefficient (Wildman–Crippen LogP) is 3.90. The summed E-state index contributed by atoms with van der Waals surface area (Å²) in [6, 6.07) is 16.1. The molecule has 1 aliphatic heterocycles. The summed E-state index contributed by atoms with van der Waals surface area (Å²) in [6.07, 6.45) is 0. The smallest absolute Gasteiger partial charge is 0.321 e. The molecule has 0 atom stereocenters. The number of carbonyl (C=O) groups excluding carboxylic acids is 1. The molecule has 1 heterocycles. The molecule has 0 spiro atoms. The molecule has 0 aromatic heterocycles. The molecule has 28 heavy (non-hydrogen) atoms. The fourth-order valence-electron chi connectivity index (χ4n) is 3.53. The highest BCUT2D eigenvalue weighted by atomic mass is 16.5. The summed E-state index contributed by atoms with van der Waals surface area (Å²) < 4.78 is 5.21.